The van der Waals surface area contributed by atoms with Gasteiger partial charge in [0.25, 0.3) is 5.56 Å². The van der Waals surface area contributed by atoms with Gasteiger partial charge in [0, 0.05) is 12.4 Å². The third-order valence-corrected chi connectivity index (χ3v) is 2.59. The van der Waals surface area contributed by atoms with E-state index in [-0.39, 0.29) is 0 Å². The first kappa shape index (κ1) is 10.8. The first-order valence-electron chi connectivity index (χ1n) is 4.56. The quantitative estimate of drug-likeness (QED) is 0.883. The second kappa shape index (κ2) is 4.44. The lowest BCUT2D eigenvalue weighted by Crippen LogP contribution is -2.30. The highest BCUT2D eigenvalue weighted by Gasteiger charge is 2.02. The lowest BCUT2D eigenvalue weighted by Gasteiger charge is -2.04. The molecule has 0 unspecified atom stereocenters. The second-order valence-electron chi connectivity index (χ2n) is 3.19. The zero-order chi connectivity index (χ0) is 11.5. The van der Waals surface area contributed by atoms with Crippen LogP contribution in [-0.4, -0.2) is 14.5 Å². The number of rotatable bonds is 2. The van der Waals surface area contributed by atoms with Gasteiger partial charge < -0.3 is 0 Å². The van der Waals surface area contributed by atoms with Gasteiger partial charge in [-0.25, -0.2) is 4.79 Å². The van der Waals surface area contributed by atoms with Crippen molar-refractivity contribution in [2.45, 2.75) is 6.54 Å². The number of aromatic amines is 1. The van der Waals surface area contributed by atoms with Gasteiger partial charge in [-0.2, -0.15) is 0 Å². The third kappa shape index (κ3) is 2.27. The van der Waals surface area contributed by atoms with Crippen molar-refractivity contribution in [3.63, 3.8) is 0 Å². The Morgan fingerprint density at radius 1 is 1.38 bits per heavy atom. The van der Waals surface area contributed by atoms with Crippen molar-refractivity contribution >= 4 is 15.9 Å². The van der Waals surface area contributed by atoms with Crippen LogP contribution in [0.5, 0.6) is 0 Å². The monoisotopic (exact) mass is 281 g/mol. The molecule has 2 aromatic heterocycles. The van der Waals surface area contributed by atoms with Gasteiger partial charge in [-0.3, -0.25) is 19.3 Å². The number of H-pyrrole nitrogens is 1. The molecule has 0 aliphatic heterocycles. The number of aromatic nitrogens is 3. The van der Waals surface area contributed by atoms with Crippen LogP contribution in [0, 0.1) is 0 Å². The number of halogens is 1. The van der Waals surface area contributed by atoms with Crippen LogP contribution in [0.25, 0.3) is 0 Å². The molecule has 0 radical (unpaired) electrons. The van der Waals surface area contributed by atoms with Crippen molar-refractivity contribution in [2.24, 2.45) is 0 Å². The average molecular weight is 282 g/mol. The van der Waals surface area contributed by atoms with E-state index in [0.717, 1.165) is 5.69 Å². The fourth-order valence-corrected chi connectivity index (χ4v) is 1.61. The molecule has 0 amide bonds. The molecule has 0 atom stereocenters. The summed E-state index contributed by atoms with van der Waals surface area (Å²) < 4.78 is 1.71. The van der Waals surface area contributed by atoms with Crippen LogP contribution in [0.4, 0.5) is 0 Å². The molecule has 0 fully saturated rings. The van der Waals surface area contributed by atoms with Crippen LogP contribution < -0.4 is 11.2 Å². The maximum atomic E-state index is 11.5. The largest absolute Gasteiger partial charge is 0.328 e. The summed E-state index contributed by atoms with van der Waals surface area (Å²) in [6.45, 7) is 0.328. The van der Waals surface area contributed by atoms with Crippen LogP contribution in [0.2, 0.25) is 0 Å². The Labute approximate surface area is 98.9 Å². The molecule has 0 aromatic carbocycles. The van der Waals surface area contributed by atoms with Crippen molar-refractivity contribution in [2.75, 3.05) is 0 Å². The van der Waals surface area contributed by atoms with Gasteiger partial charge in [0.1, 0.15) is 0 Å². The summed E-state index contributed by atoms with van der Waals surface area (Å²) in [5.74, 6) is 0. The Hall–Kier alpha value is -1.69. The minimum absolute atomic E-state index is 0.322. The van der Waals surface area contributed by atoms with E-state index in [1.165, 1.54) is 10.8 Å². The maximum Gasteiger partial charge on any atom is 0.328 e. The highest BCUT2D eigenvalue weighted by Crippen LogP contribution is 2.00. The summed E-state index contributed by atoms with van der Waals surface area (Å²) >= 11 is 3.07. The number of nitrogens with one attached hydrogen (secondary N) is 1. The van der Waals surface area contributed by atoms with E-state index in [9.17, 15) is 9.59 Å². The molecule has 0 saturated heterocycles. The van der Waals surface area contributed by atoms with E-state index in [0.29, 0.717) is 11.0 Å². The van der Waals surface area contributed by atoms with Crippen LogP contribution in [0.15, 0.2) is 44.7 Å². The Bertz CT molecular complexity index is 603. The molecule has 2 rings (SSSR count). The predicted molar refractivity (Wildman–Crippen MR) is 62.4 cm³/mol. The molecule has 0 aliphatic carbocycles. The Balaban J connectivity index is 2.40. The standard InChI is InChI=1S/C10H8BrN3O2/c11-8-6-14(10(16)13-9(8)15)5-7-3-1-2-4-12-7/h1-4,6H,5H2,(H,13,15,16). The molecule has 0 saturated carbocycles. The van der Waals surface area contributed by atoms with Gasteiger partial charge in [-0.05, 0) is 28.1 Å². The minimum atomic E-state index is -0.446. The van der Waals surface area contributed by atoms with Crippen molar-refractivity contribution in [1.82, 2.24) is 14.5 Å². The Kier molecular flexibility index (Phi) is 3.00. The van der Waals surface area contributed by atoms with Gasteiger partial charge >= 0.3 is 5.69 Å². The van der Waals surface area contributed by atoms with E-state index >= 15 is 0 Å². The van der Waals surface area contributed by atoms with Gasteiger partial charge in [0.05, 0.1) is 16.7 Å². The first-order chi connectivity index (χ1) is 7.66. The molecule has 16 heavy (non-hydrogen) atoms. The van der Waals surface area contributed by atoms with E-state index in [1.807, 2.05) is 12.1 Å². The molecule has 0 bridgehead atoms. The van der Waals surface area contributed by atoms with Crippen LogP contribution in [0.1, 0.15) is 5.69 Å². The summed E-state index contributed by atoms with van der Waals surface area (Å²) in [7, 11) is 0. The fraction of sp³-hybridized carbons (Fsp3) is 0.100. The minimum Gasteiger partial charge on any atom is -0.293 e. The summed E-state index contributed by atoms with van der Waals surface area (Å²) in [6, 6.07) is 5.45. The molecular formula is C10H8BrN3O2. The highest BCUT2D eigenvalue weighted by molar-refractivity contribution is 9.10. The predicted octanol–water partition coefficient (Wildman–Crippen LogP) is 0.742. The van der Waals surface area contributed by atoms with Crippen molar-refractivity contribution in [1.29, 1.82) is 0 Å². The summed E-state index contributed by atoms with van der Waals surface area (Å²) in [6.07, 6.45) is 3.11. The molecule has 2 aromatic rings. The Morgan fingerprint density at radius 2 is 2.19 bits per heavy atom. The molecular weight excluding hydrogens is 274 g/mol. The van der Waals surface area contributed by atoms with Gasteiger partial charge in [-0.15, -0.1) is 0 Å². The lowest BCUT2D eigenvalue weighted by molar-refractivity contribution is 0.701. The highest BCUT2D eigenvalue weighted by atomic mass is 79.9. The molecule has 6 heteroatoms. The van der Waals surface area contributed by atoms with Crippen LogP contribution in [-0.2, 0) is 6.54 Å². The summed E-state index contributed by atoms with van der Waals surface area (Å²) in [5, 5.41) is 0. The summed E-state index contributed by atoms with van der Waals surface area (Å²) in [5.41, 5.74) is -0.121. The van der Waals surface area contributed by atoms with Crippen molar-refractivity contribution in [3.8, 4) is 0 Å². The molecule has 1 N–H and O–H groups in total. The van der Waals surface area contributed by atoms with E-state index < -0.39 is 11.2 Å². The van der Waals surface area contributed by atoms with Gasteiger partial charge in [0.2, 0.25) is 0 Å². The number of hydrogen-bond donors (Lipinski definition) is 1. The topological polar surface area (TPSA) is 67.8 Å². The maximum absolute atomic E-state index is 11.5. The zero-order valence-electron chi connectivity index (χ0n) is 8.18. The molecule has 2 heterocycles. The molecule has 0 spiro atoms. The van der Waals surface area contributed by atoms with Crippen molar-refractivity contribution in [3.05, 3.63) is 61.6 Å². The van der Waals surface area contributed by atoms with Gasteiger partial charge in [0.15, 0.2) is 0 Å². The second-order valence-corrected chi connectivity index (χ2v) is 4.04. The van der Waals surface area contributed by atoms with Crippen LogP contribution in [0.3, 0.4) is 0 Å². The van der Waals surface area contributed by atoms with Crippen molar-refractivity contribution < 1.29 is 0 Å². The van der Waals surface area contributed by atoms with Crippen LogP contribution >= 0.6 is 15.9 Å². The molecule has 0 aliphatic rings. The lowest BCUT2D eigenvalue weighted by atomic mass is 10.3. The smallest absolute Gasteiger partial charge is 0.293 e. The van der Waals surface area contributed by atoms with E-state index in [1.54, 1.807) is 12.3 Å². The average Bonchev–Trinajstić information content (AvgIpc) is 2.27. The number of hydrogen-bond acceptors (Lipinski definition) is 3. The zero-order valence-corrected chi connectivity index (χ0v) is 9.77. The van der Waals surface area contributed by atoms with E-state index in [2.05, 4.69) is 25.9 Å². The third-order valence-electron chi connectivity index (χ3n) is 2.03. The van der Waals surface area contributed by atoms with Gasteiger partial charge in [-0.1, -0.05) is 6.07 Å². The van der Waals surface area contributed by atoms with E-state index in [4.69, 9.17) is 0 Å². The Morgan fingerprint density at radius 3 is 2.88 bits per heavy atom. The SMILES string of the molecule is O=c1[nH]c(=O)n(Cc2ccccn2)cc1Br. The molecule has 5 nitrogen and oxygen atoms in total. The normalized spacial score (nSPS) is 10.3. The first-order valence-corrected chi connectivity index (χ1v) is 5.35. The number of nitrogens with zero attached hydrogens (tertiary/aromatic N) is 2. The molecule has 82 valence electrons. The summed E-state index contributed by atoms with van der Waals surface area (Å²) in [4.78, 5) is 28.9. The fourth-order valence-electron chi connectivity index (χ4n) is 1.27. The number of pyridine rings is 1.